The number of rotatable bonds is 4. The van der Waals surface area contributed by atoms with Gasteiger partial charge in [-0.05, 0) is 32.9 Å². The maximum Gasteiger partial charge on any atom is 0.270 e. The Hall–Kier alpha value is -1.84. The van der Waals surface area contributed by atoms with Gasteiger partial charge in [0.15, 0.2) is 0 Å². The van der Waals surface area contributed by atoms with E-state index in [1.807, 2.05) is 6.07 Å². The van der Waals surface area contributed by atoms with Gasteiger partial charge in [-0.15, -0.1) is 6.58 Å². The molecule has 0 aliphatic carbocycles. The fraction of sp³-hybridized carbons (Fsp3) is 0.385. The van der Waals surface area contributed by atoms with Crippen molar-refractivity contribution in [3.8, 4) is 0 Å². The van der Waals surface area contributed by atoms with Gasteiger partial charge in [0.25, 0.3) is 5.91 Å². The number of hydrogen-bond donors (Lipinski definition) is 2. The van der Waals surface area contributed by atoms with Crippen molar-refractivity contribution in [2.75, 3.05) is 11.9 Å². The molecule has 0 radical (unpaired) electrons. The summed E-state index contributed by atoms with van der Waals surface area (Å²) >= 11 is 0. The molecule has 0 aliphatic rings. The Morgan fingerprint density at radius 1 is 1.47 bits per heavy atom. The number of amides is 1. The first-order valence-electron chi connectivity index (χ1n) is 5.56. The molecule has 0 saturated carbocycles. The minimum Gasteiger partial charge on any atom is -0.379 e. The molecule has 1 rings (SSSR count). The summed E-state index contributed by atoms with van der Waals surface area (Å²) in [5, 5.41) is 5.96. The summed E-state index contributed by atoms with van der Waals surface area (Å²) in [4.78, 5) is 15.7. The first kappa shape index (κ1) is 13.2. The van der Waals surface area contributed by atoms with Crippen LogP contribution in [-0.4, -0.2) is 23.0 Å². The number of pyridine rings is 1. The Labute approximate surface area is 102 Å². The van der Waals surface area contributed by atoms with Crippen LogP contribution in [0.2, 0.25) is 0 Å². The molecule has 1 amide bonds. The van der Waals surface area contributed by atoms with Gasteiger partial charge in [-0.1, -0.05) is 6.08 Å². The lowest BCUT2D eigenvalue weighted by Crippen LogP contribution is -2.27. The van der Waals surface area contributed by atoms with Crippen molar-refractivity contribution in [2.24, 2.45) is 0 Å². The van der Waals surface area contributed by atoms with E-state index in [2.05, 4.69) is 43.0 Å². The number of nitrogens with zero attached hydrogens (tertiary/aromatic N) is 1. The molecule has 92 valence electrons. The van der Waals surface area contributed by atoms with Crippen LogP contribution in [0.4, 0.5) is 5.69 Å². The van der Waals surface area contributed by atoms with Gasteiger partial charge in [0.2, 0.25) is 0 Å². The highest BCUT2D eigenvalue weighted by Gasteiger charge is 2.10. The molecule has 0 atom stereocenters. The van der Waals surface area contributed by atoms with Crippen molar-refractivity contribution < 1.29 is 4.79 Å². The van der Waals surface area contributed by atoms with Gasteiger partial charge in [-0.25, -0.2) is 4.98 Å². The molecule has 0 aromatic carbocycles. The predicted octanol–water partition coefficient (Wildman–Crippen LogP) is 2.21. The summed E-state index contributed by atoms with van der Waals surface area (Å²) in [6, 6.07) is 3.55. The fourth-order valence-electron chi connectivity index (χ4n) is 1.29. The van der Waals surface area contributed by atoms with Gasteiger partial charge in [0, 0.05) is 12.1 Å². The quantitative estimate of drug-likeness (QED) is 0.784. The first-order valence-corrected chi connectivity index (χ1v) is 5.56. The topological polar surface area (TPSA) is 54.0 Å². The van der Waals surface area contributed by atoms with Gasteiger partial charge in [0.1, 0.15) is 5.69 Å². The summed E-state index contributed by atoms with van der Waals surface area (Å²) < 4.78 is 0. The normalized spacial score (nSPS) is 10.8. The number of carbonyl (C=O) groups is 1. The van der Waals surface area contributed by atoms with Crippen LogP contribution in [0.3, 0.4) is 0 Å². The van der Waals surface area contributed by atoms with Crippen molar-refractivity contribution in [1.29, 1.82) is 0 Å². The lowest BCUT2D eigenvalue weighted by molar-refractivity contribution is 0.0953. The van der Waals surface area contributed by atoms with E-state index >= 15 is 0 Å². The molecule has 4 nitrogen and oxygen atoms in total. The van der Waals surface area contributed by atoms with Crippen LogP contribution in [0.15, 0.2) is 31.0 Å². The molecule has 4 heteroatoms. The standard InChI is InChI=1S/C13H19N3O/c1-5-8-14-12(17)11-7-6-10(9-15-11)16-13(2,3)4/h5-7,9,16H,1,8H2,2-4H3,(H,14,17). The predicted molar refractivity (Wildman–Crippen MR) is 70.1 cm³/mol. The third-order valence-electron chi connectivity index (χ3n) is 1.92. The number of carbonyl (C=O) groups excluding carboxylic acids is 1. The average molecular weight is 233 g/mol. The zero-order valence-electron chi connectivity index (χ0n) is 10.6. The molecule has 0 spiro atoms. The second-order valence-corrected chi connectivity index (χ2v) is 4.81. The second-order valence-electron chi connectivity index (χ2n) is 4.81. The number of nitrogens with one attached hydrogen (secondary N) is 2. The Balaban J connectivity index is 2.67. The van der Waals surface area contributed by atoms with Crippen LogP contribution in [0, 0.1) is 0 Å². The maximum absolute atomic E-state index is 11.6. The molecule has 17 heavy (non-hydrogen) atoms. The lowest BCUT2D eigenvalue weighted by Gasteiger charge is -2.21. The van der Waals surface area contributed by atoms with Crippen molar-refractivity contribution in [3.63, 3.8) is 0 Å². The van der Waals surface area contributed by atoms with Crippen LogP contribution in [-0.2, 0) is 0 Å². The smallest absolute Gasteiger partial charge is 0.270 e. The Bertz CT molecular complexity index is 390. The molecular formula is C13H19N3O. The average Bonchev–Trinajstić information content (AvgIpc) is 2.24. The first-order chi connectivity index (χ1) is 7.92. The zero-order chi connectivity index (χ0) is 12.9. The highest BCUT2D eigenvalue weighted by atomic mass is 16.1. The third kappa shape index (κ3) is 4.68. The van der Waals surface area contributed by atoms with Crippen molar-refractivity contribution in [2.45, 2.75) is 26.3 Å². The summed E-state index contributed by atoms with van der Waals surface area (Å²) in [6.45, 7) is 10.2. The van der Waals surface area contributed by atoms with Crippen LogP contribution < -0.4 is 10.6 Å². The summed E-state index contributed by atoms with van der Waals surface area (Å²) in [5.41, 5.74) is 1.29. The van der Waals surface area contributed by atoms with Gasteiger partial charge < -0.3 is 10.6 Å². The van der Waals surface area contributed by atoms with Crippen molar-refractivity contribution in [1.82, 2.24) is 10.3 Å². The van der Waals surface area contributed by atoms with Crippen molar-refractivity contribution >= 4 is 11.6 Å². The third-order valence-corrected chi connectivity index (χ3v) is 1.92. The molecule has 0 aliphatic heterocycles. The maximum atomic E-state index is 11.6. The van der Waals surface area contributed by atoms with E-state index < -0.39 is 0 Å². The van der Waals surface area contributed by atoms with E-state index in [1.54, 1.807) is 18.3 Å². The Morgan fingerprint density at radius 3 is 2.65 bits per heavy atom. The van der Waals surface area contributed by atoms with E-state index in [9.17, 15) is 4.79 Å². The molecule has 0 unspecified atom stereocenters. The van der Waals surface area contributed by atoms with E-state index in [0.29, 0.717) is 12.2 Å². The van der Waals surface area contributed by atoms with Gasteiger partial charge in [-0.3, -0.25) is 4.79 Å². The number of anilines is 1. The van der Waals surface area contributed by atoms with Gasteiger partial charge in [0.05, 0.1) is 11.9 Å². The zero-order valence-corrected chi connectivity index (χ0v) is 10.6. The molecule has 2 N–H and O–H groups in total. The number of aromatic nitrogens is 1. The monoisotopic (exact) mass is 233 g/mol. The van der Waals surface area contributed by atoms with E-state index in [0.717, 1.165) is 5.69 Å². The Kier molecular flexibility index (Phi) is 4.26. The minimum atomic E-state index is -0.188. The molecule has 0 saturated heterocycles. The molecular weight excluding hydrogens is 214 g/mol. The SMILES string of the molecule is C=CCNC(=O)c1ccc(NC(C)(C)C)cn1. The molecule has 1 aromatic rings. The van der Waals surface area contributed by atoms with E-state index in [1.165, 1.54) is 0 Å². The fourth-order valence-corrected chi connectivity index (χ4v) is 1.29. The summed E-state index contributed by atoms with van der Waals surface area (Å²) in [5.74, 6) is -0.188. The van der Waals surface area contributed by atoms with Gasteiger partial charge in [-0.2, -0.15) is 0 Å². The number of hydrogen-bond acceptors (Lipinski definition) is 3. The molecule has 1 heterocycles. The second kappa shape index (κ2) is 5.48. The minimum absolute atomic E-state index is 0.0195. The van der Waals surface area contributed by atoms with Crippen LogP contribution in [0.1, 0.15) is 31.3 Å². The molecule has 0 fully saturated rings. The highest BCUT2D eigenvalue weighted by Crippen LogP contribution is 2.13. The van der Waals surface area contributed by atoms with Gasteiger partial charge >= 0.3 is 0 Å². The summed E-state index contributed by atoms with van der Waals surface area (Å²) in [7, 11) is 0. The lowest BCUT2D eigenvalue weighted by atomic mass is 10.1. The molecule has 0 bridgehead atoms. The van der Waals surface area contributed by atoms with E-state index in [-0.39, 0.29) is 11.4 Å². The Morgan fingerprint density at radius 2 is 2.18 bits per heavy atom. The highest BCUT2D eigenvalue weighted by molar-refractivity contribution is 5.92. The largest absolute Gasteiger partial charge is 0.379 e. The van der Waals surface area contributed by atoms with Crippen LogP contribution in [0.25, 0.3) is 0 Å². The van der Waals surface area contributed by atoms with Crippen LogP contribution in [0.5, 0.6) is 0 Å². The van der Waals surface area contributed by atoms with Crippen molar-refractivity contribution in [3.05, 3.63) is 36.7 Å². The van der Waals surface area contributed by atoms with Crippen LogP contribution >= 0.6 is 0 Å². The molecule has 1 aromatic heterocycles. The summed E-state index contributed by atoms with van der Waals surface area (Å²) in [6.07, 6.45) is 3.29. The van der Waals surface area contributed by atoms with E-state index in [4.69, 9.17) is 0 Å².